The summed E-state index contributed by atoms with van der Waals surface area (Å²) in [5.74, 6) is -0.372. The maximum atomic E-state index is 13.7. The van der Waals surface area contributed by atoms with Gasteiger partial charge >= 0.3 is 0 Å². The summed E-state index contributed by atoms with van der Waals surface area (Å²) in [4.78, 5) is 2.73. The van der Waals surface area contributed by atoms with Crippen molar-refractivity contribution in [2.45, 2.75) is 25.8 Å². The van der Waals surface area contributed by atoms with Crippen molar-refractivity contribution >= 4 is 17.0 Å². The standard InChI is InChI=1S/C15H13FN2S/c16-13-6-10(8-17)4-5-14(13)18-9-12-7-11-2-1-3-15(11)19-12/h4-7,18H,1-3,9H2. The molecule has 0 fully saturated rings. The molecule has 1 aliphatic rings. The Hall–Kier alpha value is -1.86. The van der Waals surface area contributed by atoms with Gasteiger partial charge in [-0.25, -0.2) is 4.39 Å². The van der Waals surface area contributed by atoms with Gasteiger partial charge in [0, 0.05) is 16.3 Å². The maximum absolute atomic E-state index is 13.7. The number of anilines is 1. The molecular weight excluding hydrogens is 259 g/mol. The van der Waals surface area contributed by atoms with Crippen LogP contribution in [0.1, 0.15) is 27.3 Å². The van der Waals surface area contributed by atoms with Crippen molar-refractivity contribution in [1.29, 1.82) is 5.26 Å². The Morgan fingerprint density at radius 1 is 1.32 bits per heavy atom. The molecule has 4 heteroatoms. The summed E-state index contributed by atoms with van der Waals surface area (Å²) in [6.45, 7) is 0.639. The summed E-state index contributed by atoms with van der Waals surface area (Å²) in [6.07, 6.45) is 3.63. The lowest BCUT2D eigenvalue weighted by Gasteiger charge is -2.06. The first-order chi connectivity index (χ1) is 9.26. The van der Waals surface area contributed by atoms with Crippen molar-refractivity contribution in [3.05, 3.63) is 51.0 Å². The summed E-state index contributed by atoms with van der Waals surface area (Å²) < 4.78 is 13.7. The lowest BCUT2D eigenvalue weighted by atomic mass is 10.2. The molecule has 1 N–H and O–H groups in total. The van der Waals surface area contributed by atoms with Gasteiger partial charge in [0.25, 0.3) is 0 Å². The monoisotopic (exact) mass is 272 g/mol. The summed E-state index contributed by atoms with van der Waals surface area (Å²) >= 11 is 1.82. The van der Waals surface area contributed by atoms with E-state index in [4.69, 9.17) is 5.26 Å². The number of hydrogen-bond acceptors (Lipinski definition) is 3. The van der Waals surface area contributed by atoms with Crippen molar-refractivity contribution in [1.82, 2.24) is 0 Å². The number of halogens is 1. The van der Waals surface area contributed by atoms with E-state index >= 15 is 0 Å². The van der Waals surface area contributed by atoms with E-state index in [1.807, 2.05) is 17.4 Å². The summed E-state index contributed by atoms with van der Waals surface area (Å²) in [7, 11) is 0. The molecule has 0 saturated carbocycles. The first-order valence-corrected chi connectivity index (χ1v) is 7.12. The molecule has 2 aromatic rings. The third kappa shape index (κ3) is 2.47. The highest BCUT2D eigenvalue weighted by Gasteiger charge is 2.14. The molecule has 96 valence electrons. The normalized spacial score (nSPS) is 13.1. The van der Waals surface area contributed by atoms with Gasteiger partial charge in [-0.2, -0.15) is 5.26 Å². The Morgan fingerprint density at radius 3 is 2.95 bits per heavy atom. The van der Waals surface area contributed by atoms with E-state index in [1.54, 1.807) is 12.1 Å². The number of nitriles is 1. The molecule has 0 saturated heterocycles. The van der Waals surface area contributed by atoms with E-state index < -0.39 is 0 Å². The van der Waals surface area contributed by atoms with Crippen LogP contribution in [0.5, 0.6) is 0 Å². The second-order valence-corrected chi connectivity index (χ2v) is 5.90. The average molecular weight is 272 g/mol. The molecule has 2 nitrogen and oxygen atoms in total. The number of aryl methyl sites for hydroxylation is 2. The fraction of sp³-hybridized carbons (Fsp3) is 0.267. The predicted octanol–water partition coefficient (Wildman–Crippen LogP) is 3.86. The van der Waals surface area contributed by atoms with Gasteiger partial charge in [-0.3, -0.25) is 0 Å². The van der Waals surface area contributed by atoms with Gasteiger partial charge in [0.1, 0.15) is 5.82 Å². The number of nitrogens with one attached hydrogen (secondary N) is 1. The molecule has 1 heterocycles. The van der Waals surface area contributed by atoms with Gasteiger partial charge < -0.3 is 5.32 Å². The largest absolute Gasteiger partial charge is 0.378 e. The highest BCUT2D eigenvalue weighted by Crippen LogP contribution is 2.31. The van der Waals surface area contributed by atoms with Gasteiger partial charge in [-0.05, 0) is 49.1 Å². The number of benzene rings is 1. The summed E-state index contributed by atoms with van der Waals surface area (Å²) in [5, 5.41) is 11.8. The highest BCUT2D eigenvalue weighted by molar-refractivity contribution is 7.12. The molecule has 0 bridgehead atoms. The van der Waals surface area contributed by atoms with Gasteiger partial charge in [-0.1, -0.05) is 0 Å². The zero-order chi connectivity index (χ0) is 13.2. The SMILES string of the molecule is N#Cc1ccc(NCc2cc3c(s2)CCC3)c(F)c1. The third-order valence-corrected chi connectivity index (χ3v) is 4.59. The lowest BCUT2D eigenvalue weighted by molar-refractivity contribution is 0.629. The van der Waals surface area contributed by atoms with Crippen LogP contribution in [0, 0.1) is 17.1 Å². The van der Waals surface area contributed by atoms with Gasteiger partial charge in [0.15, 0.2) is 0 Å². The highest BCUT2D eigenvalue weighted by atomic mass is 32.1. The van der Waals surface area contributed by atoms with Crippen molar-refractivity contribution < 1.29 is 4.39 Å². The van der Waals surface area contributed by atoms with E-state index in [9.17, 15) is 4.39 Å². The van der Waals surface area contributed by atoms with Crippen LogP contribution in [-0.2, 0) is 19.4 Å². The average Bonchev–Trinajstić information content (AvgIpc) is 2.98. The second kappa shape index (κ2) is 5.02. The molecule has 19 heavy (non-hydrogen) atoms. The van der Waals surface area contributed by atoms with E-state index in [2.05, 4.69) is 11.4 Å². The zero-order valence-electron chi connectivity index (χ0n) is 10.4. The minimum Gasteiger partial charge on any atom is -0.378 e. The smallest absolute Gasteiger partial charge is 0.147 e. The van der Waals surface area contributed by atoms with Crippen LogP contribution in [-0.4, -0.2) is 0 Å². The fourth-order valence-corrected chi connectivity index (χ4v) is 3.59. The molecule has 3 rings (SSSR count). The van der Waals surface area contributed by atoms with Crippen LogP contribution in [0.2, 0.25) is 0 Å². The molecule has 0 spiro atoms. The Kier molecular flexibility index (Phi) is 3.22. The Morgan fingerprint density at radius 2 is 2.21 bits per heavy atom. The Bertz CT molecular complexity index is 633. The zero-order valence-corrected chi connectivity index (χ0v) is 11.2. The molecule has 1 aromatic carbocycles. The van der Waals surface area contributed by atoms with Gasteiger partial charge in [-0.15, -0.1) is 11.3 Å². The number of hydrogen-bond donors (Lipinski definition) is 1. The summed E-state index contributed by atoms with van der Waals surface area (Å²) in [5.41, 5.74) is 2.26. The first-order valence-electron chi connectivity index (χ1n) is 6.30. The Labute approximate surface area is 115 Å². The minimum atomic E-state index is -0.372. The Balaban J connectivity index is 1.70. The molecule has 0 radical (unpaired) electrons. The maximum Gasteiger partial charge on any atom is 0.147 e. The molecule has 0 atom stereocenters. The second-order valence-electron chi connectivity index (χ2n) is 4.67. The fourth-order valence-electron chi connectivity index (χ4n) is 2.39. The van der Waals surface area contributed by atoms with Crippen LogP contribution >= 0.6 is 11.3 Å². The molecule has 1 aromatic heterocycles. The lowest BCUT2D eigenvalue weighted by Crippen LogP contribution is -2.00. The van der Waals surface area contributed by atoms with Crippen LogP contribution in [0.4, 0.5) is 10.1 Å². The molecule has 0 amide bonds. The van der Waals surface area contributed by atoms with E-state index in [-0.39, 0.29) is 5.82 Å². The van der Waals surface area contributed by atoms with Crippen LogP contribution < -0.4 is 5.32 Å². The van der Waals surface area contributed by atoms with E-state index in [1.165, 1.54) is 40.6 Å². The molecular formula is C15H13FN2S. The summed E-state index contributed by atoms with van der Waals surface area (Å²) in [6, 6.07) is 8.66. The molecule has 0 aliphatic heterocycles. The topological polar surface area (TPSA) is 35.8 Å². The minimum absolute atomic E-state index is 0.346. The van der Waals surface area contributed by atoms with Crippen LogP contribution in [0.25, 0.3) is 0 Å². The van der Waals surface area contributed by atoms with Crippen LogP contribution in [0.3, 0.4) is 0 Å². The number of rotatable bonds is 3. The quantitative estimate of drug-likeness (QED) is 0.921. The van der Waals surface area contributed by atoms with Gasteiger partial charge in [0.2, 0.25) is 0 Å². The third-order valence-electron chi connectivity index (χ3n) is 3.35. The first kappa shape index (κ1) is 12.2. The molecule has 1 aliphatic carbocycles. The van der Waals surface area contributed by atoms with Crippen molar-refractivity contribution in [3.8, 4) is 6.07 Å². The number of thiophene rings is 1. The van der Waals surface area contributed by atoms with Gasteiger partial charge in [0.05, 0.1) is 17.3 Å². The van der Waals surface area contributed by atoms with Crippen molar-refractivity contribution in [2.24, 2.45) is 0 Å². The van der Waals surface area contributed by atoms with E-state index in [0.29, 0.717) is 17.8 Å². The van der Waals surface area contributed by atoms with Crippen molar-refractivity contribution in [2.75, 3.05) is 5.32 Å². The van der Waals surface area contributed by atoms with E-state index in [0.717, 1.165) is 0 Å². The number of nitrogens with zero attached hydrogens (tertiary/aromatic N) is 1. The molecule has 0 unspecified atom stereocenters. The predicted molar refractivity (Wildman–Crippen MR) is 74.8 cm³/mol. The van der Waals surface area contributed by atoms with Crippen molar-refractivity contribution in [3.63, 3.8) is 0 Å². The van der Waals surface area contributed by atoms with Crippen LogP contribution in [0.15, 0.2) is 24.3 Å². The number of fused-ring (bicyclic) bond motifs is 1.